The lowest BCUT2D eigenvalue weighted by atomic mass is 10.8. The molecule has 0 aromatic heterocycles. The van der Waals surface area contributed by atoms with Crippen molar-refractivity contribution in [2.24, 2.45) is 0 Å². The summed E-state index contributed by atoms with van der Waals surface area (Å²) in [6.07, 6.45) is -0.588. The fourth-order valence-corrected chi connectivity index (χ4v) is 0.277. The van der Waals surface area contributed by atoms with Crippen LogP contribution in [-0.2, 0) is 9.47 Å². The van der Waals surface area contributed by atoms with Gasteiger partial charge >= 0.3 is 6.16 Å². The molecule has 0 fully saturated rings. The van der Waals surface area contributed by atoms with Gasteiger partial charge in [0.05, 0.1) is 13.2 Å². The lowest BCUT2D eigenvalue weighted by Crippen LogP contribution is -2.05. The first-order chi connectivity index (χ1) is 3.81. The Balaban J connectivity index is 0. The molecule has 0 N–H and O–H groups in total. The zero-order valence-electron chi connectivity index (χ0n) is 5.72. The Kier molecular flexibility index (Phi) is 8.98. The second-order valence-corrected chi connectivity index (χ2v) is 1.12. The maximum atomic E-state index is 10.2. The van der Waals surface area contributed by atoms with Crippen molar-refractivity contribution in [3.63, 3.8) is 0 Å². The van der Waals surface area contributed by atoms with Crippen molar-refractivity contribution in [1.29, 1.82) is 0 Å². The highest BCUT2D eigenvalue weighted by Gasteiger charge is 1.96. The second-order valence-electron chi connectivity index (χ2n) is 1.12. The molecule has 0 saturated carbocycles. The van der Waals surface area contributed by atoms with Gasteiger partial charge in [-0.2, -0.15) is 0 Å². The summed E-state index contributed by atoms with van der Waals surface area (Å²) in [5.41, 5.74) is 0. The highest BCUT2D eigenvalue weighted by Crippen LogP contribution is 1.81. The van der Waals surface area contributed by atoms with E-state index in [1.165, 1.54) is 0 Å². The van der Waals surface area contributed by atoms with E-state index >= 15 is 0 Å². The van der Waals surface area contributed by atoms with Crippen molar-refractivity contribution in [3.8, 4) is 0 Å². The fraction of sp³-hybridized carbons (Fsp3) is 0.667. The quantitative estimate of drug-likeness (QED) is 0.531. The number of rotatable bonds is 2. The van der Waals surface area contributed by atoms with E-state index in [1.54, 1.807) is 13.8 Å². The normalized spacial score (nSPS) is 7.33. The minimum Gasteiger partial charge on any atom is -0.435 e. The minimum atomic E-state index is -0.588. The van der Waals surface area contributed by atoms with Gasteiger partial charge in [0.15, 0.2) is 0 Å². The zero-order valence-corrected chi connectivity index (χ0v) is 5.72. The lowest BCUT2D eigenvalue weighted by Gasteiger charge is -1.98. The van der Waals surface area contributed by atoms with Crippen LogP contribution in [0.3, 0.4) is 0 Å². The summed E-state index contributed by atoms with van der Waals surface area (Å²) in [6, 6.07) is 0. The van der Waals surface area contributed by atoms with E-state index < -0.39 is 6.16 Å². The van der Waals surface area contributed by atoms with Crippen molar-refractivity contribution >= 4 is 6.16 Å². The topological polar surface area (TPSA) is 35.5 Å². The van der Waals surface area contributed by atoms with Gasteiger partial charge in [-0.15, -0.1) is 0 Å². The van der Waals surface area contributed by atoms with Crippen molar-refractivity contribution in [2.45, 2.75) is 13.8 Å². The Morgan fingerprint density at radius 1 is 1.22 bits per heavy atom. The third-order valence-electron chi connectivity index (χ3n) is 0.524. The molecule has 53 valence electrons. The van der Waals surface area contributed by atoms with Gasteiger partial charge in [-0.3, -0.25) is 0 Å². The molecular formula is C6H11O3. The first-order valence-corrected chi connectivity index (χ1v) is 2.60. The Morgan fingerprint density at radius 2 is 1.56 bits per heavy atom. The third-order valence-corrected chi connectivity index (χ3v) is 0.524. The molecule has 3 nitrogen and oxygen atoms in total. The van der Waals surface area contributed by atoms with Crippen LogP contribution in [0.1, 0.15) is 13.8 Å². The highest BCUT2D eigenvalue weighted by atomic mass is 16.7. The van der Waals surface area contributed by atoms with E-state index in [0.717, 1.165) is 0 Å². The van der Waals surface area contributed by atoms with E-state index in [0.29, 0.717) is 13.2 Å². The van der Waals surface area contributed by atoms with Crippen LogP contribution in [0.25, 0.3) is 0 Å². The average Bonchev–Trinajstić information content (AvgIpc) is 1.68. The van der Waals surface area contributed by atoms with Gasteiger partial charge < -0.3 is 9.47 Å². The minimum absolute atomic E-state index is 0. The summed E-state index contributed by atoms with van der Waals surface area (Å²) in [6.45, 7) is 4.21. The molecule has 0 aliphatic heterocycles. The standard InChI is InChI=1S/C5H10O3.CH/c1-3-7-5(6)8-4-2;/h3-4H2,1-2H3;1H. The van der Waals surface area contributed by atoms with Crippen molar-refractivity contribution in [3.05, 3.63) is 7.43 Å². The Hall–Kier alpha value is -0.730. The molecule has 0 amide bonds. The first kappa shape index (κ1) is 11.1. The summed E-state index contributed by atoms with van der Waals surface area (Å²) in [7, 11) is 0. The molecule has 0 rings (SSSR count). The van der Waals surface area contributed by atoms with Crippen LogP contribution in [-0.4, -0.2) is 19.4 Å². The molecule has 0 unspecified atom stereocenters. The summed E-state index contributed by atoms with van der Waals surface area (Å²) < 4.78 is 8.84. The molecule has 0 aliphatic carbocycles. The van der Waals surface area contributed by atoms with E-state index in [2.05, 4.69) is 9.47 Å². The fourth-order valence-electron chi connectivity index (χ4n) is 0.277. The lowest BCUT2D eigenvalue weighted by molar-refractivity contribution is 0.0630. The molecular weight excluding hydrogens is 120 g/mol. The molecule has 0 atom stereocenters. The second kappa shape index (κ2) is 7.27. The summed E-state index contributed by atoms with van der Waals surface area (Å²) in [5.74, 6) is 0. The van der Waals surface area contributed by atoms with E-state index in [1.807, 2.05) is 0 Å². The predicted molar refractivity (Wildman–Crippen MR) is 32.9 cm³/mol. The Labute approximate surface area is 56.0 Å². The van der Waals surface area contributed by atoms with E-state index in [9.17, 15) is 4.79 Å². The van der Waals surface area contributed by atoms with Gasteiger partial charge in [0.1, 0.15) is 0 Å². The Morgan fingerprint density at radius 3 is 1.78 bits per heavy atom. The summed E-state index contributed by atoms with van der Waals surface area (Å²) in [4.78, 5) is 10.2. The molecule has 0 heterocycles. The zero-order chi connectivity index (χ0) is 6.41. The first-order valence-electron chi connectivity index (χ1n) is 2.60. The SMILES string of the molecule is CCOC(=O)OCC.[CH]. The summed E-state index contributed by atoms with van der Waals surface area (Å²) in [5, 5.41) is 0. The van der Waals surface area contributed by atoms with Crippen molar-refractivity contribution < 1.29 is 14.3 Å². The molecule has 0 bridgehead atoms. The number of hydrogen-bond donors (Lipinski definition) is 0. The van der Waals surface area contributed by atoms with Crippen LogP contribution in [0, 0.1) is 7.43 Å². The highest BCUT2D eigenvalue weighted by molar-refractivity contribution is 5.59. The molecule has 0 aromatic rings. The molecule has 0 saturated heterocycles. The largest absolute Gasteiger partial charge is 0.508 e. The molecule has 0 spiro atoms. The molecule has 9 heavy (non-hydrogen) atoms. The molecule has 0 aliphatic rings. The number of carbonyl (C=O) groups excluding carboxylic acids is 1. The van der Waals surface area contributed by atoms with Gasteiger partial charge in [0.2, 0.25) is 0 Å². The van der Waals surface area contributed by atoms with Crippen LogP contribution in [0.4, 0.5) is 4.79 Å². The average molecular weight is 131 g/mol. The monoisotopic (exact) mass is 131 g/mol. The molecule has 3 heteroatoms. The van der Waals surface area contributed by atoms with Crippen LogP contribution in [0.5, 0.6) is 0 Å². The number of ether oxygens (including phenoxy) is 2. The van der Waals surface area contributed by atoms with Gasteiger partial charge in [-0.25, -0.2) is 4.79 Å². The third kappa shape index (κ3) is 7.27. The molecule has 3 radical (unpaired) electrons. The summed E-state index contributed by atoms with van der Waals surface area (Å²) >= 11 is 0. The van der Waals surface area contributed by atoms with Crippen LogP contribution in [0.2, 0.25) is 0 Å². The van der Waals surface area contributed by atoms with Gasteiger partial charge in [-0.1, -0.05) is 0 Å². The van der Waals surface area contributed by atoms with Crippen LogP contribution >= 0.6 is 0 Å². The van der Waals surface area contributed by atoms with Crippen LogP contribution < -0.4 is 0 Å². The number of carbonyl (C=O) groups is 1. The van der Waals surface area contributed by atoms with Gasteiger partial charge in [0.25, 0.3) is 0 Å². The van der Waals surface area contributed by atoms with Gasteiger partial charge in [0, 0.05) is 0 Å². The van der Waals surface area contributed by atoms with Crippen LogP contribution in [0.15, 0.2) is 0 Å². The van der Waals surface area contributed by atoms with E-state index in [-0.39, 0.29) is 7.43 Å². The smallest absolute Gasteiger partial charge is 0.435 e. The Bertz CT molecular complexity index is 62.7. The van der Waals surface area contributed by atoms with Gasteiger partial charge in [-0.05, 0) is 21.3 Å². The van der Waals surface area contributed by atoms with Crippen molar-refractivity contribution in [1.82, 2.24) is 0 Å². The molecule has 0 aromatic carbocycles. The maximum absolute atomic E-state index is 10.2. The van der Waals surface area contributed by atoms with Crippen molar-refractivity contribution in [2.75, 3.05) is 13.2 Å². The van der Waals surface area contributed by atoms with E-state index in [4.69, 9.17) is 0 Å². The maximum Gasteiger partial charge on any atom is 0.508 e. The predicted octanol–water partition coefficient (Wildman–Crippen LogP) is 1.38. The number of hydrogen-bond acceptors (Lipinski definition) is 3.